The SMILES string of the molecule is Cc1ccccc1C[n+]1cccc(-c2ccc3ccc(-c4ccc[n+](Cc5ccccc5B(O)O)c4)cc3c2)c1. The molecular formula is C35H31BN2O2+2. The van der Waals surface area contributed by atoms with Crippen molar-refractivity contribution in [1.82, 2.24) is 0 Å². The largest absolute Gasteiger partial charge is 0.488 e. The second-order valence-electron chi connectivity index (χ2n) is 10.3. The van der Waals surface area contributed by atoms with E-state index in [-0.39, 0.29) is 0 Å². The lowest BCUT2D eigenvalue weighted by Crippen LogP contribution is -2.40. The minimum atomic E-state index is -1.49. The molecule has 0 aliphatic heterocycles. The molecule has 0 bridgehead atoms. The average molecular weight is 522 g/mol. The zero-order valence-corrected chi connectivity index (χ0v) is 22.5. The number of rotatable bonds is 7. The van der Waals surface area contributed by atoms with Gasteiger partial charge in [-0.05, 0) is 64.1 Å². The Bertz CT molecular complexity index is 1820. The number of aromatic nitrogens is 2. The third-order valence-corrected chi connectivity index (χ3v) is 7.52. The first-order valence-corrected chi connectivity index (χ1v) is 13.5. The van der Waals surface area contributed by atoms with Gasteiger partial charge in [0.05, 0.1) is 0 Å². The molecule has 2 N–H and O–H groups in total. The summed E-state index contributed by atoms with van der Waals surface area (Å²) < 4.78 is 4.32. The highest BCUT2D eigenvalue weighted by molar-refractivity contribution is 6.59. The molecule has 6 aromatic rings. The molecule has 40 heavy (non-hydrogen) atoms. The van der Waals surface area contributed by atoms with Gasteiger partial charge >= 0.3 is 7.12 Å². The lowest BCUT2D eigenvalue weighted by Gasteiger charge is -2.08. The highest BCUT2D eigenvalue weighted by atomic mass is 16.4. The van der Waals surface area contributed by atoms with E-state index in [1.54, 1.807) is 6.07 Å². The van der Waals surface area contributed by atoms with Crippen LogP contribution in [-0.4, -0.2) is 17.2 Å². The molecule has 0 aliphatic carbocycles. The van der Waals surface area contributed by atoms with Gasteiger partial charge in [-0.2, -0.15) is 0 Å². The fourth-order valence-corrected chi connectivity index (χ4v) is 5.30. The molecule has 6 rings (SSSR count). The average Bonchev–Trinajstić information content (AvgIpc) is 2.98. The Balaban J connectivity index is 1.29. The van der Waals surface area contributed by atoms with Crippen LogP contribution in [0.2, 0.25) is 0 Å². The summed E-state index contributed by atoms with van der Waals surface area (Å²) in [4.78, 5) is 0. The number of aryl methyl sites for hydroxylation is 1. The van der Waals surface area contributed by atoms with E-state index in [1.807, 2.05) is 30.5 Å². The quantitative estimate of drug-likeness (QED) is 0.233. The van der Waals surface area contributed by atoms with Crippen LogP contribution in [0.25, 0.3) is 33.0 Å². The molecule has 2 heterocycles. The number of pyridine rings is 2. The van der Waals surface area contributed by atoms with Crippen molar-refractivity contribution < 1.29 is 19.2 Å². The Morgan fingerprint density at radius 2 is 1.10 bits per heavy atom. The molecule has 0 amide bonds. The van der Waals surface area contributed by atoms with Gasteiger partial charge in [-0.15, -0.1) is 0 Å². The first kappa shape index (κ1) is 25.7. The number of hydrogen-bond donors (Lipinski definition) is 2. The minimum absolute atomic E-state index is 0.528. The number of fused-ring (bicyclic) bond motifs is 1. The Kier molecular flexibility index (Phi) is 7.24. The number of benzene rings is 4. The van der Waals surface area contributed by atoms with E-state index in [0.717, 1.165) is 23.2 Å². The van der Waals surface area contributed by atoms with Gasteiger partial charge in [-0.1, -0.05) is 72.8 Å². The standard InChI is InChI=1S/C35H31BN2O2/c1-26-8-2-3-9-30(26)22-37-18-6-11-31(23-37)28-16-14-27-15-17-29(21-34(27)20-28)32-12-7-19-38(24-32)25-33-10-4-5-13-35(33)36(39)40/h2-21,23-24,39-40H,22,25H2,1H3/q+2. The summed E-state index contributed by atoms with van der Waals surface area (Å²) in [6, 6.07) is 37.6. The van der Waals surface area contributed by atoms with Crippen LogP contribution in [0.5, 0.6) is 0 Å². The normalized spacial score (nSPS) is 11.1. The molecule has 2 aromatic heterocycles. The third kappa shape index (κ3) is 5.57. The minimum Gasteiger partial charge on any atom is -0.423 e. The van der Waals surface area contributed by atoms with Gasteiger partial charge in [-0.25, -0.2) is 9.13 Å². The van der Waals surface area contributed by atoms with Gasteiger partial charge in [0.1, 0.15) is 0 Å². The molecule has 0 saturated heterocycles. The van der Waals surface area contributed by atoms with Crippen molar-refractivity contribution in [3.05, 3.63) is 151 Å². The van der Waals surface area contributed by atoms with Crippen LogP contribution >= 0.6 is 0 Å². The van der Waals surface area contributed by atoms with Gasteiger partial charge in [0.2, 0.25) is 0 Å². The van der Waals surface area contributed by atoms with Gasteiger partial charge in [-0.3, -0.25) is 0 Å². The van der Waals surface area contributed by atoms with Crippen LogP contribution in [-0.2, 0) is 13.1 Å². The molecule has 0 spiro atoms. The lowest BCUT2D eigenvalue weighted by atomic mass is 9.77. The molecule has 194 valence electrons. The fraction of sp³-hybridized carbons (Fsp3) is 0.0857. The summed E-state index contributed by atoms with van der Waals surface area (Å²) in [5, 5.41) is 21.9. The van der Waals surface area contributed by atoms with E-state index in [4.69, 9.17) is 0 Å². The van der Waals surface area contributed by atoms with Crippen molar-refractivity contribution in [2.75, 3.05) is 0 Å². The van der Waals surface area contributed by atoms with Crippen LogP contribution in [0.1, 0.15) is 16.7 Å². The first-order chi connectivity index (χ1) is 19.5. The highest BCUT2D eigenvalue weighted by Crippen LogP contribution is 2.28. The fourth-order valence-electron chi connectivity index (χ4n) is 5.30. The highest BCUT2D eigenvalue weighted by Gasteiger charge is 2.18. The maximum Gasteiger partial charge on any atom is 0.488 e. The maximum absolute atomic E-state index is 9.76. The second kappa shape index (κ2) is 11.3. The summed E-state index contributed by atoms with van der Waals surface area (Å²) in [5.41, 5.74) is 8.65. The molecule has 0 saturated carbocycles. The van der Waals surface area contributed by atoms with E-state index in [2.05, 4.69) is 114 Å². The molecular weight excluding hydrogens is 491 g/mol. The summed E-state index contributed by atoms with van der Waals surface area (Å²) in [6.45, 7) is 3.55. The Labute approximate surface area is 235 Å². The van der Waals surface area contributed by atoms with Crippen molar-refractivity contribution in [3.8, 4) is 22.3 Å². The lowest BCUT2D eigenvalue weighted by molar-refractivity contribution is -0.688. The zero-order chi connectivity index (χ0) is 27.5. The first-order valence-electron chi connectivity index (χ1n) is 13.5. The van der Waals surface area contributed by atoms with Crippen LogP contribution in [0.15, 0.2) is 134 Å². The topological polar surface area (TPSA) is 48.2 Å². The van der Waals surface area contributed by atoms with Crippen molar-refractivity contribution in [3.63, 3.8) is 0 Å². The Morgan fingerprint density at radius 3 is 1.70 bits per heavy atom. The molecule has 5 heteroatoms. The van der Waals surface area contributed by atoms with E-state index >= 15 is 0 Å². The predicted molar refractivity (Wildman–Crippen MR) is 161 cm³/mol. The van der Waals surface area contributed by atoms with Crippen LogP contribution in [0.4, 0.5) is 0 Å². The number of nitrogens with zero attached hydrogens (tertiary/aromatic N) is 2. The van der Waals surface area contributed by atoms with Crippen molar-refractivity contribution >= 4 is 23.4 Å². The van der Waals surface area contributed by atoms with Crippen LogP contribution in [0, 0.1) is 6.92 Å². The molecule has 0 fully saturated rings. The molecule has 0 aliphatic rings. The molecule has 0 unspecified atom stereocenters. The Hall–Kier alpha value is -4.58. The van der Waals surface area contributed by atoms with Crippen molar-refractivity contribution in [2.24, 2.45) is 0 Å². The summed E-state index contributed by atoms with van der Waals surface area (Å²) >= 11 is 0. The smallest absolute Gasteiger partial charge is 0.423 e. The van der Waals surface area contributed by atoms with E-state index in [9.17, 15) is 10.0 Å². The monoisotopic (exact) mass is 522 g/mol. The number of hydrogen-bond acceptors (Lipinski definition) is 2. The molecule has 0 atom stereocenters. The van der Waals surface area contributed by atoms with E-state index in [0.29, 0.717) is 12.0 Å². The zero-order valence-electron chi connectivity index (χ0n) is 22.5. The van der Waals surface area contributed by atoms with Gasteiger partial charge in [0.25, 0.3) is 0 Å². The molecule has 4 aromatic carbocycles. The molecule has 0 radical (unpaired) electrons. The second-order valence-corrected chi connectivity index (χ2v) is 10.3. The van der Waals surface area contributed by atoms with Crippen LogP contribution < -0.4 is 14.6 Å². The summed E-state index contributed by atoms with van der Waals surface area (Å²) in [6.07, 6.45) is 8.46. The molecule has 4 nitrogen and oxygen atoms in total. The van der Waals surface area contributed by atoms with E-state index in [1.165, 1.54) is 33.0 Å². The predicted octanol–water partition coefficient (Wildman–Crippen LogP) is 4.83. The van der Waals surface area contributed by atoms with Gasteiger partial charge in [0.15, 0.2) is 37.9 Å². The van der Waals surface area contributed by atoms with Crippen molar-refractivity contribution in [2.45, 2.75) is 20.0 Å². The van der Waals surface area contributed by atoms with E-state index < -0.39 is 7.12 Å². The summed E-state index contributed by atoms with van der Waals surface area (Å²) in [7, 11) is -1.49. The van der Waals surface area contributed by atoms with Crippen molar-refractivity contribution in [1.29, 1.82) is 0 Å². The summed E-state index contributed by atoms with van der Waals surface area (Å²) in [5.74, 6) is 0. The van der Waals surface area contributed by atoms with Crippen LogP contribution in [0.3, 0.4) is 0 Å². The maximum atomic E-state index is 9.76. The Morgan fingerprint density at radius 1 is 0.550 bits per heavy atom. The van der Waals surface area contributed by atoms with Gasteiger partial charge in [0, 0.05) is 34.4 Å². The third-order valence-electron chi connectivity index (χ3n) is 7.52. The van der Waals surface area contributed by atoms with Gasteiger partial charge < -0.3 is 10.0 Å².